The van der Waals surface area contributed by atoms with Gasteiger partial charge in [0.25, 0.3) is 6.08 Å². The smallest absolute Gasteiger partial charge is 0.274 e. The standard InChI is InChI=1S/C14H16F2O/c1-3-4-5-13(14(15)16)12-8-6-11(7-9-12)10(2)17/h6-9H,3-5H2,1-2H3. The van der Waals surface area contributed by atoms with Crippen LogP contribution in [0.2, 0.25) is 0 Å². The third kappa shape index (κ3) is 3.77. The first-order valence-corrected chi connectivity index (χ1v) is 5.71. The molecular weight excluding hydrogens is 222 g/mol. The van der Waals surface area contributed by atoms with Gasteiger partial charge in [-0.3, -0.25) is 4.79 Å². The van der Waals surface area contributed by atoms with Crippen LogP contribution >= 0.6 is 0 Å². The molecule has 1 aromatic rings. The van der Waals surface area contributed by atoms with Gasteiger partial charge < -0.3 is 0 Å². The highest BCUT2D eigenvalue weighted by molar-refractivity contribution is 5.94. The van der Waals surface area contributed by atoms with E-state index in [1.807, 2.05) is 6.92 Å². The second-order valence-electron chi connectivity index (χ2n) is 3.98. The van der Waals surface area contributed by atoms with E-state index < -0.39 is 6.08 Å². The van der Waals surface area contributed by atoms with Crippen molar-refractivity contribution in [2.45, 2.75) is 33.1 Å². The number of allylic oxidation sites excluding steroid dienone is 1. The first-order valence-electron chi connectivity index (χ1n) is 5.71. The van der Waals surface area contributed by atoms with E-state index in [0.29, 0.717) is 17.5 Å². The number of halogens is 2. The zero-order valence-electron chi connectivity index (χ0n) is 10.1. The van der Waals surface area contributed by atoms with Crippen LogP contribution in [0.15, 0.2) is 30.3 Å². The summed E-state index contributed by atoms with van der Waals surface area (Å²) in [6.45, 7) is 3.42. The number of hydrogen-bond donors (Lipinski definition) is 0. The van der Waals surface area contributed by atoms with Gasteiger partial charge in [-0.05, 0) is 25.3 Å². The Balaban J connectivity index is 2.97. The zero-order chi connectivity index (χ0) is 12.8. The lowest BCUT2D eigenvalue weighted by Gasteiger charge is -2.06. The maximum absolute atomic E-state index is 12.8. The lowest BCUT2D eigenvalue weighted by Crippen LogP contribution is -1.93. The van der Waals surface area contributed by atoms with Crippen molar-refractivity contribution < 1.29 is 13.6 Å². The third-order valence-electron chi connectivity index (χ3n) is 2.65. The summed E-state index contributed by atoms with van der Waals surface area (Å²) in [5.41, 5.74) is 1.13. The fourth-order valence-corrected chi connectivity index (χ4v) is 1.61. The molecule has 0 aliphatic carbocycles. The Morgan fingerprint density at radius 1 is 1.12 bits per heavy atom. The highest BCUT2D eigenvalue weighted by Crippen LogP contribution is 2.26. The molecule has 0 spiro atoms. The van der Waals surface area contributed by atoms with Crippen molar-refractivity contribution >= 4 is 11.4 Å². The van der Waals surface area contributed by atoms with E-state index in [1.54, 1.807) is 24.3 Å². The molecule has 3 heteroatoms. The minimum Gasteiger partial charge on any atom is -0.295 e. The van der Waals surface area contributed by atoms with E-state index in [-0.39, 0.29) is 11.4 Å². The molecule has 0 saturated heterocycles. The number of unbranched alkanes of at least 4 members (excludes halogenated alkanes) is 1. The summed E-state index contributed by atoms with van der Waals surface area (Å²) in [5, 5.41) is 0. The molecular formula is C14H16F2O. The molecule has 0 saturated carbocycles. The first kappa shape index (κ1) is 13.6. The molecule has 0 aromatic heterocycles. The van der Waals surface area contributed by atoms with E-state index in [9.17, 15) is 13.6 Å². The normalized spacial score (nSPS) is 10.1. The van der Waals surface area contributed by atoms with Crippen LogP contribution in [0.4, 0.5) is 8.78 Å². The minimum absolute atomic E-state index is 0.0589. The monoisotopic (exact) mass is 238 g/mol. The van der Waals surface area contributed by atoms with Gasteiger partial charge in [-0.15, -0.1) is 0 Å². The molecule has 0 amide bonds. The second-order valence-corrected chi connectivity index (χ2v) is 3.98. The average molecular weight is 238 g/mol. The van der Waals surface area contributed by atoms with E-state index in [2.05, 4.69) is 0 Å². The highest BCUT2D eigenvalue weighted by atomic mass is 19.3. The van der Waals surface area contributed by atoms with Crippen molar-refractivity contribution in [3.63, 3.8) is 0 Å². The summed E-state index contributed by atoms with van der Waals surface area (Å²) in [4.78, 5) is 11.1. The number of rotatable bonds is 5. The van der Waals surface area contributed by atoms with Gasteiger partial charge >= 0.3 is 0 Å². The maximum atomic E-state index is 12.8. The molecule has 1 aromatic carbocycles. The van der Waals surface area contributed by atoms with Gasteiger partial charge in [-0.25, -0.2) is 0 Å². The first-order chi connectivity index (χ1) is 8.06. The molecule has 0 radical (unpaired) electrons. The van der Waals surface area contributed by atoms with Gasteiger partial charge in [0.05, 0.1) is 0 Å². The van der Waals surface area contributed by atoms with Crippen molar-refractivity contribution in [1.82, 2.24) is 0 Å². The minimum atomic E-state index is -1.63. The Hall–Kier alpha value is -1.51. The van der Waals surface area contributed by atoms with Crippen LogP contribution in [0, 0.1) is 0 Å². The predicted molar refractivity (Wildman–Crippen MR) is 65.1 cm³/mol. The number of carbonyl (C=O) groups is 1. The lowest BCUT2D eigenvalue weighted by molar-refractivity contribution is 0.101. The Labute approximate surface area is 100 Å². The second kappa shape index (κ2) is 6.28. The van der Waals surface area contributed by atoms with E-state index in [4.69, 9.17) is 0 Å². The van der Waals surface area contributed by atoms with Crippen LogP contribution in [0.5, 0.6) is 0 Å². The molecule has 1 rings (SSSR count). The quantitative estimate of drug-likeness (QED) is 0.680. The highest BCUT2D eigenvalue weighted by Gasteiger charge is 2.09. The van der Waals surface area contributed by atoms with Crippen LogP contribution in [0.3, 0.4) is 0 Å². The Kier molecular flexibility index (Phi) is 5.01. The zero-order valence-corrected chi connectivity index (χ0v) is 10.1. The summed E-state index contributed by atoms with van der Waals surface area (Å²) >= 11 is 0. The van der Waals surface area contributed by atoms with Crippen molar-refractivity contribution in [3.05, 3.63) is 41.5 Å². The van der Waals surface area contributed by atoms with Crippen LogP contribution < -0.4 is 0 Å². The molecule has 0 bridgehead atoms. The SMILES string of the molecule is CCCCC(=C(F)F)c1ccc(C(C)=O)cc1. The fourth-order valence-electron chi connectivity index (χ4n) is 1.61. The van der Waals surface area contributed by atoms with Crippen molar-refractivity contribution in [2.24, 2.45) is 0 Å². The largest absolute Gasteiger partial charge is 0.295 e. The molecule has 0 aliphatic rings. The molecule has 0 unspecified atom stereocenters. The van der Waals surface area contributed by atoms with Gasteiger partial charge in [0.2, 0.25) is 0 Å². The van der Waals surface area contributed by atoms with Gasteiger partial charge in [-0.2, -0.15) is 8.78 Å². The fraction of sp³-hybridized carbons (Fsp3) is 0.357. The van der Waals surface area contributed by atoms with Gasteiger partial charge in [0.15, 0.2) is 5.78 Å². The van der Waals surface area contributed by atoms with Gasteiger partial charge in [0, 0.05) is 11.1 Å². The van der Waals surface area contributed by atoms with Crippen LogP contribution in [-0.4, -0.2) is 5.78 Å². The van der Waals surface area contributed by atoms with Gasteiger partial charge in [0.1, 0.15) is 0 Å². The lowest BCUT2D eigenvalue weighted by atomic mass is 9.99. The maximum Gasteiger partial charge on any atom is 0.274 e. The van der Waals surface area contributed by atoms with Crippen molar-refractivity contribution in [1.29, 1.82) is 0 Å². The third-order valence-corrected chi connectivity index (χ3v) is 2.65. The molecule has 92 valence electrons. The van der Waals surface area contributed by atoms with Gasteiger partial charge in [-0.1, -0.05) is 37.6 Å². The van der Waals surface area contributed by atoms with Crippen LogP contribution in [0.25, 0.3) is 5.57 Å². The van der Waals surface area contributed by atoms with Crippen molar-refractivity contribution in [2.75, 3.05) is 0 Å². The average Bonchev–Trinajstić information content (AvgIpc) is 2.29. The summed E-state index contributed by atoms with van der Waals surface area (Å²) in [6, 6.07) is 6.35. The summed E-state index contributed by atoms with van der Waals surface area (Å²) in [7, 11) is 0. The van der Waals surface area contributed by atoms with Crippen LogP contribution in [0.1, 0.15) is 49.0 Å². The molecule has 17 heavy (non-hydrogen) atoms. The molecule has 0 fully saturated rings. The molecule has 0 atom stereocenters. The summed E-state index contributed by atoms with van der Waals surface area (Å²) in [6.07, 6.45) is 0.357. The molecule has 0 N–H and O–H groups in total. The Bertz CT molecular complexity index is 414. The van der Waals surface area contributed by atoms with E-state index in [1.165, 1.54) is 6.92 Å². The number of hydrogen-bond acceptors (Lipinski definition) is 1. The molecule has 1 nitrogen and oxygen atoms in total. The van der Waals surface area contributed by atoms with E-state index in [0.717, 1.165) is 12.8 Å². The van der Waals surface area contributed by atoms with Crippen molar-refractivity contribution in [3.8, 4) is 0 Å². The Morgan fingerprint density at radius 2 is 1.65 bits per heavy atom. The molecule has 0 heterocycles. The van der Waals surface area contributed by atoms with E-state index >= 15 is 0 Å². The number of Topliss-reactive ketones (excluding diaryl/α,β-unsaturated/α-hetero) is 1. The molecule has 0 aliphatic heterocycles. The topological polar surface area (TPSA) is 17.1 Å². The summed E-state index contributed by atoms with van der Waals surface area (Å²) < 4.78 is 25.6. The number of benzene rings is 1. The number of ketones is 1. The predicted octanol–water partition coefficient (Wildman–Crippen LogP) is 4.69. The van der Waals surface area contributed by atoms with Crippen LogP contribution in [-0.2, 0) is 0 Å². The Morgan fingerprint density at radius 3 is 2.06 bits per heavy atom. The summed E-state index contributed by atoms with van der Waals surface area (Å²) in [5.74, 6) is -0.0589. The number of carbonyl (C=O) groups excluding carboxylic acids is 1.